The van der Waals surface area contributed by atoms with Crippen LogP contribution in [0.15, 0.2) is 52.2 Å². The fourth-order valence-electron chi connectivity index (χ4n) is 2.84. The summed E-state index contributed by atoms with van der Waals surface area (Å²) < 4.78 is 17.4. The number of aromatic nitrogens is 2. The van der Waals surface area contributed by atoms with Crippen molar-refractivity contribution in [1.82, 2.24) is 9.55 Å². The maximum atomic E-state index is 12.0. The summed E-state index contributed by atoms with van der Waals surface area (Å²) in [4.78, 5) is 48.8. The van der Waals surface area contributed by atoms with Gasteiger partial charge < -0.3 is 14.2 Å². The van der Waals surface area contributed by atoms with E-state index < -0.39 is 41.6 Å². The largest absolute Gasteiger partial charge is 0.459 e. The van der Waals surface area contributed by atoms with Crippen molar-refractivity contribution in [2.24, 2.45) is 0 Å². The summed E-state index contributed by atoms with van der Waals surface area (Å²) in [6.45, 7) is 1.18. The predicted molar refractivity (Wildman–Crippen MR) is 92.1 cm³/mol. The lowest BCUT2D eigenvalue weighted by atomic mass is 10.2. The van der Waals surface area contributed by atoms with Gasteiger partial charge in [-0.2, -0.15) is 0 Å². The van der Waals surface area contributed by atoms with Crippen LogP contribution in [-0.2, 0) is 19.0 Å². The third-order valence-electron chi connectivity index (χ3n) is 4.00. The normalized spacial score (nSPS) is 21.6. The summed E-state index contributed by atoms with van der Waals surface area (Å²) in [5, 5.41) is 0. The molecule has 3 rings (SSSR count). The Morgan fingerprint density at radius 3 is 2.63 bits per heavy atom. The quantitative estimate of drug-likeness (QED) is 0.762. The Morgan fingerprint density at radius 2 is 1.96 bits per heavy atom. The van der Waals surface area contributed by atoms with Crippen LogP contribution in [0.5, 0.6) is 0 Å². The first kappa shape index (κ1) is 18.6. The average molecular weight is 374 g/mol. The second-order valence-corrected chi connectivity index (χ2v) is 6.01. The third-order valence-corrected chi connectivity index (χ3v) is 4.00. The Bertz CT molecular complexity index is 934. The number of rotatable bonds is 5. The molecule has 0 saturated carbocycles. The lowest BCUT2D eigenvalue weighted by Crippen LogP contribution is -2.36. The number of ether oxygens (including phenoxy) is 3. The van der Waals surface area contributed by atoms with Gasteiger partial charge in [-0.3, -0.25) is 19.1 Å². The highest BCUT2D eigenvalue weighted by molar-refractivity contribution is 5.89. The molecule has 1 aromatic heterocycles. The number of nitrogens with one attached hydrogen (secondary N) is 1. The molecule has 2 aromatic rings. The molecule has 0 bridgehead atoms. The molecule has 1 N–H and O–H groups in total. The molecule has 1 aromatic carbocycles. The molecular weight excluding hydrogens is 356 g/mol. The Morgan fingerprint density at radius 1 is 1.22 bits per heavy atom. The van der Waals surface area contributed by atoms with Crippen LogP contribution < -0.4 is 11.2 Å². The topological polar surface area (TPSA) is 117 Å². The maximum Gasteiger partial charge on any atom is 0.338 e. The first-order chi connectivity index (χ1) is 12.9. The Labute approximate surface area is 153 Å². The Hall–Kier alpha value is -3.20. The van der Waals surface area contributed by atoms with Crippen molar-refractivity contribution in [3.63, 3.8) is 0 Å². The van der Waals surface area contributed by atoms with Crippen LogP contribution in [0.25, 0.3) is 0 Å². The van der Waals surface area contributed by atoms with Crippen LogP contribution in [0.4, 0.5) is 0 Å². The standard InChI is InChI=1S/C18H18N2O7/c1-11(21)26-14-9-13(10-25-17(23)12-5-3-2-4-6-12)27-16(14)20-8-7-15(22)19-18(20)24/h2-8,13-14,16H,9-10H2,1H3,(H,19,22,24). The third kappa shape index (κ3) is 4.50. The minimum absolute atomic E-state index is 0.0693. The molecule has 3 unspecified atom stereocenters. The summed E-state index contributed by atoms with van der Waals surface area (Å²) in [5.41, 5.74) is -0.835. The van der Waals surface area contributed by atoms with Crippen molar-refractivity contribution in [1.29, 1.82) is 0 Å². The summed E-state index contributed by atoms with van der Waals surface area (Å²) in [7, 11) is 0. The molecule has 0 amide bonds. The van der Waals surface area contributed by atoms with Gasteiger partial charge >= 0.3 is 17.6 Å². The van der Waals surface area contributed by atoms with E-state index in [1.807, 2.05) is 0 Å². The summed E-state index contributed by atoms with van der Waals surface area (Å²) in [5.74, 6) is -1.04. The van der Waals surface area contributed by atoms with Crippen LogP contribution in [0.2, 0.25) is 0 Å². The van der Waals surface area contributed by atoms with E-state index in [4.69, 9.17) is 14.2 Å². The summed E-state index contributed by atoms with van der Waals surface area (Å²) >= 11 is 0. The monoisotopic (exact) mass is 374 g/mol. The SMILES string of the molecule is CC(=O)OC1CC(COC(=O)c2ccccc2)OC1n1ccc(=O)[nH]c1=O. The van der Waals surface area contributed by atoms with Gasteiger partial charge in [0.15, 0.2) is 6.23 Å². The van der Waals surface area contributed by atoms with Gasteiger partial charge in [-0.1, -0.05) is 18.2 Å². The molecule has 0 radical (unpaired) electrons. The van der Waals surface area contributed by atoms with Gasteiger partial charge in [-0.15, -0.1) is 0 Å². The van der Waals surface area contributed by atoms with Crippen LogP contribution >= 0.6 is 0 Å². The fraction of sp³-hybridized carbons (Fsp3) is 0.333. The molecule has 9 heteroatoms. The van der Waals surface area contributed by atoms with Crippen molar-refractivity contribution in [3.05, 3.63) is 69.0 Å². The van der Waals surface area contributed by atoms with E-state index in [0.29, 0.717) is 5.56 Å². The van der Waals surface area contributed by atoms with E-state index in [1.165, 1.54) is 19.2 Å². The zero-order valence-corrected chi connectivity index (χ0v) is 14.5. The van der Waals surface area contributed by atoms with E-state index >= 15 is 0 Å². The first-order valence-electron chi connectivity index (χ1n) is 8.30. The molecular formula is C18H18N2O7. The number of nitrogens with zero attached hydrogens (tertiary/aromatic N) is 1. The molecule has 3 atom stereocenters. The zero-order valence-electron chi connectivity index (χ0n) is 14.5. The lowest BCUT2D eigenvalue weighted by Gasteiger charge is -2.20. The number of hydrogen-bond acceptors (Lipinski definition) is 7. The van der Waals surface area contributed by atoms with Crippen molar-refractivity contribution in [2.45, 2.75) is 31.8 Å². The van der Waals surface area contributed by atoms with Crippen LogP contribution in [0.1, 0.15) is 29.9 Å². The number of hydrogen-bond donors (Lipinski definition) is 1. The second kappa shape index (κ2) is 8.00. The maximum absolute atomic E-state index is 12.0. The average Bonchev–Trinajstić information content (AvgIpc) is 3.02. The number of aromatic amines is 1. The van der Waals surface area contributed by atoms with Gasteiger partial charge in [0.1, 0.15) is 12.7 Å². The number of carbonyl (C=O) groups excluding carboxylic acids is 2. The Balaban J connectivity index is 1.71. The fourth-order valence-corrected chi connectivity index (χ4v) is 2.84. The first-order valence-corrected chi connectivity index (χ1v) is 8.30. The van der Waals surface area contributed by atoms with Crippen molar-refractivity contribution in [3.8, 4) is 0 Å². The molecule has 2 heterocycles. The van der Waals surface area contributed by atoms with E-state index in [0.717, 1.165) is 4.57 Å². The molecule has 1 aliphatic heterocycles. The van der Waals surface area contributed by atoms with Gasteiger partial charge in [0.2, 0.25) is 0 Å². The molecule has 9 nitrogen and oxygen atoms in total. The second-order valence-electron chi connectivity index (χ2n) is 6.01. The van der Waals surface area contributed by atoms with Crippen LogP contribution in [0.3, 0.4) is 0 Å². The molecule has 1 fully saturated rings. The van der Waals surface area contributed by atoms with E-state index in [1.54, 1.807) is 30.3 Å². The number of benzene rings is 1. The van der Waals surface area contributed by atoms with Gasteiger partial charge in [0.05, 0.1) is 11.7 Å². The number of carbonyl (C=O) groups is 2. The van der Waals surface area contributed by atoms with Crippen molar-refractivity contribution in [2.75, 3.05) is 6.61 Å². The smallest absolute Gasteiger partial charge is 0.338 e. The Kier molecular flexibility index (Phi) is 5.51. The van der Waals surface area contributed by atoms with Gasteiger partial charge in [0, 0.05) is 25.6 Å². The number of H-pyrrole nitrogens is 1. The van der Waals surface area contributed by atoms with E-state index in [-0.39, 0.29) is 13.0 Å². The summed E-state index contributed by atoms with van der Waals surface area (Å²) in [6.07, 6.45) is -0.769. The molecule has 0 aliphatic carbocycles. The van der Waals surface area contributed by atoms with Gasteiger partial charge in [-0.25, -0.2) is 9.59 Å². The molecule has 1 saturated heterocycles. The molecule has 1 aliphatic rings. The predicted octanol–water partition coefficient (Wildman–Crippen LogP) is 0.613. The highest BCUT2D eigenvalue weighted by Crippen LogP contribution is 2.30. The lowest BCUT2D eigenvalue weighted by molar-refractivity contribution is -0.152. The number of esters is 2. The van der Waals surface area contributed by atoms with E-state index in [9.17, 15) is 19.2 Å². The van der Waals surface area contributed by atoms with Crippen molar-refractivity contribution >= 4 is 11.9 Å². The summed E-state index contributed by atoms with van der Waals surface area (Å²) in [6, 6.07) is 9.64. The molecule has 0 spiro atoms. The minimum Gasteiger partial charge on any atom is -0.459 e. The highest BCUT2D eigenvalue weighted by Gasteiger charge is 2.40. The minimum atomic E-state index is -0.932. The van der Waals surface area contributed by atoms with Crippen molar-refractivity contribution < 1.29 is 23.8 Å². The highest BCUT2D eigenvalue weighted by atomic mass is 16.6. The van der Waals surface area contributed by atoms with Crippen LogP contribution in [-0.4, -0.2) is 40.3 Å². The molecule has 27 heavy (non-hydrogen) atoms. The molecule has 142 valence electrons. The van der Waals surface area contributed by atoms with Gasteiger partial charge in [0.25, 0.3) is 5.56 Å². The van der Waals surface area contributed by atoms with E-state index in [2.05, 4.69) is 4.98 Å². The van der Waals surface area contributed by atoms with Crippen LogP contribution in [0, 0.1) is 0 Å². The van der Waals surface area contributed by atoms with Gasteiger partial charge in [-0.05, 0) is 12.1 Å². The zero-order chi connectivity index (χ0) is 19.4.